The molecule has 0 spiro atoms. The fourth-order valence-corrected chi connectivity index (χ4v) is 6.13. The zero-order chi connectivity index (χ0) is 25.1. The topological polar surface area (TPSA) is 26.8 Å². The fraction of sp³-hybridized carbons (Fsp3) is 0.958. The highest BCUT2D eigenvalue weighted by atomic mass is 19.4. The molecule has 1 aliphatic heterocycles. The van der Waals surface area contributed by atoms with Gasteiger partial charge < -0.3 is 9.80 Å². The first kappa shape index (κ1) is 27.6. The van der Waals surface area contributed by atoms with E-state index in [1.165, 1.54) is 6.42 Å². The van der Waals surface area contributed by atoms with E-state index in [0.717, 1.165) is 51.9 Å². The average molecular weight is 500 g/mol. The van der Waals surface area contributed by atoms with Crippen molar-refractivity contribution in [2.24, 2.45) is 23.7 Å². The number of likely N-dealkylation sites (N-methyl/N-ethyl adjacent to an activating group) is 2. The fourth-order valence-electron chi connectivity index (χ4n) is 6.13. The summed E-state index contributed by atoms with van der Waals surface area (Å²) in [5.41, 5.74) is 0. The molecule has 4 nitrogen and oxygen atoms in total. The Balaban J connectivity index is 1.64. The lowest BCUT2D eigenvalue weighted by molar-refractivity contribution is -0.229. The highest BCUT2D eigenvalue weighted by Gasteiger charge is 2.51. The number of hydrogen-bond donors (Lipinski definition) is 0. The zero-order valence-corrected chi connectivity index (χ0v) is 20.3. The van der Waals surface area contributed by atoms with Gasteiger partial charge in [-0.15, -0.1) is 0 Å². The molecular weight excluding hydrogens is 460 g/mol. The van der Waals surface area contributed by atoms with E-state index in [2.05, 4.69) is 9.80 Å². The minimum absolute atomic E-state index is 0.0352. The van der Waals surface area contributed by atoms with E-state index in [0.29, 0.717) is 0 Å². The van der Waals surface area contributed by atoms with Crippen LogP contribution in [0.2, 0.25) is 0 Å². The lowest BCUT2D eigenvalue weighted by Crippen LogP contribution is -2.57. The number of rotatable bonds is 6. The number of carbonyl (C=O) groups excluding carboxylic acids is 1. The molecule has 1 amide bonds. The number of hydrogen-bond acceptors (Lipinski definition) is 3. The van der Waals surface area contributed by atoms with E-state index in [1.54, 1.807) is 11.9 Å². The summed E-state index contributed by atoms with van der Waals surface area (Å²) < 4.78 is 79.8. The first-order chi connectivity index (χ1) is 15.9. The summed E-state index contributed by atoms with van der Waals surface area (Å²) >= 11 is 0. The van der Waals surface area contributed by atoms with Crippen LogP contribution in [0.4, 0.5) is 26.3 Å². The summed E-state index contributed by atoms with van der Waals surface area (Å²) in [6, 6.07) is -0.254. The van der Waals surface area contributed by atoms with Gasteiger partial charge in [-0.25, -0.2) is 0 Å². The van der Waals surface area contributed by atoms with Crippen LogP contribution >= 0.6 is 0 Å². The van der Waals surface area contributed by atoms with Crippen molar-refractivity contribution in [2.45, 2.75) is 76.2 Å². The lowest BCUT2D eigenvalue weighted by Gasteiger charge is -2.43. The van der Waals surface area contributed by atoms with Crippen molar-refractivity contribution in [3.8, 4) is 0 Å². The highest BCUT2D eigenvalue weighted by Crippen LogP contribution is 2.48. The predicted molar refractivity (Wildman–Crippen MR) is 118 cm³/mol. The summed E-state index contributed by atoms with van der Waals surface area (Å²) in [6.07, 6.45) is -5.23. The molecule has 3 aliphatic rings. The van der Waals surface area contributed by atoms with Crippen LogP contribution in [0.15, 0.2) is 0 Å². The van der Waals surface area contributed by atoms with Crippen LogP contribution in [0.3, 0.4) is 0 Å². The molecule has 3 fully saturated rings. The molecule has 0 bridgehead atoms. The van der Waals surface area contributed by atoms with Crippen molar-refractivity contribution in [1.82, 2.24) is 14.7 Å². The summed E-state index contributed by atoms with van der Waals surface area (Å²) in [7, 11) is 3.70. The average Bonchev–Trinajstić information content (AvgIpc) is 2.78. The first-order valence-corrected chi connectivity index (χ1v) is 12.7. The molecule has 1 heterocycles. The van der Waals surface area contributed by atoms with Crippen LogP contribution in [0, 0.1) is 23.7 Å². The van der Waals surface area contributed by atoms with Gasteiger partial charge in [0.1, 0.15) is 0 Å². The molecule has 0 aromatic carbocycles. The number of amides is 1. The predicted octanol–water partition coefficient (Wildman–Crippen LogP) is 5.19. The number of nitrogens with zero attached hydrogens (tertiary/aromatic N) is 3. The third-order valence-electron chi connectivity index (χ3n) is 8.26. The van der Waals surface area contributed by atoms with Gasteiger partial charge in [-0.1, -0.05) is 19.3 Å². The van der Waals surface area contributed by atoms with E-state index in [9.17, 15) is 31.1 Å². The SMILES string of the molecule is CN1CCN(C(C(=O)N(C)CCC2CC(C(F)(F)F)CC(C(F)(F)F)C2)C2CCCCC2)CC1. The summed E-state index contributed by atoms with van der Waals surface area (Å²) in [5, 5.41) is 0. The Morgan fingerprint density at radius 3 is 1.91 bits per heavy atom. The van der Waals surface area contributed by atoms with Crippen molar-refractivity contribution < 1.29 is 31.1 Å². The summed E-state index contributed by atoms with van der Waals surface area (Å²) in [6.45, 7) is 3.52. The monoisotopic (exact) mass is 499 g/mol. The molecule has 198 valence electrons. The number of halogens is 6. The quantitative estimate of drug-likeness (QED) is 0.471. The van der Waals surface area contributed by atoms with E-state index in [-0.39, 0.29) is 43.7 Å². The molecule has 3 atom stereocenters. The Bertz CT molecular complexity index is 634. The van der Waals surface area contributed by atoms with Gasteiger partial charge in [0.2, 0.25) is 5.91 Å². The first-order valence-electron chi connectivity index (χ1n) is 12.7. The Morgan fingerprint density at radius 2 is 1.41 bits per heavy atom. The smallest absolute Gasteiger partial charge is 0.344 e. The maximum atomic E-state index is 13.6. The van der Waals surface area contributed by atoms with Gasteiger partial charge in [0.15, 0.2) is 0 Å². The van der Waals surface area contributed by atoms with Gasteiger partial charge >= 0.3 is 12.4 Å². The highest BCUT2D eigenvalue weighted by molar-refractivity contribution is 5.82. The Kier molecular flexibility index (Phi) is 9.20. The molecular formula is C24H39F6N3O. The third-order valence-corrected chi connectivity index (χ3v) is 8.26. The van der Waals surface area contributed by atoms with Crippen LogP contribution in [0.5, 0.6) is 0 Å². The molecule has 0 N–H and O–H groups in total. The zero-order valence-electron chi connectivity index (χ0n) is 20.3. The number of piperazine rings is 1. The molecule has 0 aromatic rings. The van der Waals surface area contributed by atoms with Crippen LogP contribution in [-0.4, -0.2) is 85.8 Å². The maximum absolute atomic E-state index is 13.6. The van der Waals surface area contributed by atoms with E-state index in [4.69, 9.17) is 0 Å². The van der Waals surface area contributed by atoms with Crippen LogP contribution < -0.4 is 0 Å². The van der Waals surface area contributed by atoms with Gasteiger partial charge in [0, 0.05) is 39.8 Å². The Morgan fingerprint density at radius 1 is 0.882 bits per heavy atom. The normalized spacial score (nSPS) is 29.7. The molecule has 3 rings (SSSR count). The number of carbonyl (C=O) groups is 1. The van der Waals surface area contributed by atoms with Crippen molar-refractivity contribution in [3.05, 3.63) is 0 Å². The van der Waals surface area contributed by atoms with Gasteiger partial charge in [-0.05, 0) is 57.4 Å². The summed E-state index contributed by atoms with van der Waals surface area (Å²) in [4.78, 5) is 19.6. The van der Waals surface area contributed by atoms with Gasteiger partial charge in [-0.2, -0.15) is 26.3 Å². The maximum Gasteiger partial charge on any atom is 0.391 e. The number of alkyl halides is 6. The lowest BCUT2D eigenvalue weighted by atomic mass is 9.73. The molecule has 1 saturated heterocycles. The molecule has 10 heteroatoms. The summed E-state index contributed by atoms with van der Waals surface area (Å²) in [5.74, 6) is -4.34. The van der Waals surface area contributed by atoms with Crippen molar-refractivity contribution in [3.63, 3.8) is 0 Å². The van der Waals surface area contributed by atoms with E-state index >= 15 is 0 Å². The molecule has 2 aliphatic carbocycles. The molecule has 0 aromatic heterocycles. The van der Waals surface area contributed by atoms with E-state index in [1.807, 2.05) is 7.05 Å². The van der Waals surface area contributed by atoms with Crippen LogP contribution in [0.25, 0.3) is 0 Å². The molecule has 3 unspecified atom stereocenters. The second-order valence-corrected chi connectivity index (χ2v) is 10.8. The van der Waals surface area contributed by atoms with Crippen molar-refractivity contribution in [2.75, 3.05) is 46.8 Å². The van der Waals surface area contributed by atoms with Gasteiger partial charge in [0.05, 0.1) is 17.9 Å². The van der Waals surface area contributed by atoms with Crippen LogP contribution in [0.1, 0.15) is 57.8 Å². The second kappa shape index (κ2) is 11.4. The Hall–Kier alpha value is -1.03. The largest absolute Gasteiger partial charge is 0.391 e. The standard InChI is InChI=1S/C24H39F6N3O/c1-31-10-12-33(13-11-31)21(18-6-4-3-5-7-18)22(34)32(2)9-8-17-14-19(23(25,26)27)16-20(15-17)24(28,29)30/h17-21H,3-16H2,1-2H3. The third kappa shape index (κ3) is 7.24. The molecule has 2 saturated carbocycles. The van der Waals surface area contributed by atoms with E-state index < -0.39 is 36.5 Å². The van der Waals surface area contributed by atoms with Crippen molar-refractivity contribution >= 4 is 5.91 Å². The second-order valence-electron chi connectivity index (χ2n) is 10.8. The van der Waals surface area contributed by atoms with Gasteiger partial charge in [0.25, 0.3) is 0 Å². The minimum Gasteiger partial charge on any atom is -0.344 e. The minimum atomic E-state index is -4.63. The Labute approximate surface area is 199 Å². The molecule has 0 radical (unpaired) electrons. The molecule has 34 heavy (non-hydrogen) atoms. The van der Waals surface area contributed by atoms with Gasteiger partial charge in [-0.3, -0.25) is 9.69 Å². The van der Waals surface area contributed by atoms with Crippen LogP contribution in [-0.2, 0) is 4.79 Å². The van der Waals surface area contributed by atoms with Crippen molar-refractivity contribution in [1.29, 1.82) is 0 Å².